The smallest absolute Gasteiger partial charge is 0.364 e. The number of aliphatic hydroxyl groups is 21. The Kier molecular flexibility index (Phi) is 56.5. The van der Waals surface area contributed by atoms with Gasteiger partial charge in [0.1, 0.15) is 165 Å². The zero-order valence-electron chi connectivity index (χ0n) is 81.7. The second-order valence-corrected chi connectivity index (χ2v) is 38.1. The standard InChI is InChI=1S/C95H168N4O41/c1-6-8-10-12-14-16-18-20-21-22-23-24-25-26-27-28-29-31-33-35-37-39-41-43-66(112)99-56(57(109)42-40-38-36-34-32-30-19-17-15-13-11-9-7-2)51-127-90-78(121)77(120)83(64(50-105)133-90)136-92-80(123)86(138-91-79(122)85(72(115)61(47-102)130-91)137-89-68(97-54(4)107)75(118)71(114)60(46-101)129-89)74(117)65(134-92)52-128-88-69(98-55(5)108)76(119)82(63(49-104)132-88)135-93-81(124)87(73(116)62(48-103)131-93)140-95(94(125)126)44-58(110)67(96-53(3)106)84(139-95)70(113)59(111)45-100/h20-21,40,42,56-65,67-93,100-105,109-111,113-124H,6-19,22-39,41,43-52H2,1-5H3,(H,96,106)(H,97,107)(H,98,108)(H,99,112)(H,125,126)/b21-20-,42-40+/t56-,57+,58?,59+,60?,61?,62?,63?,64?,65?,67+,68?,69?,70+,71-,72-,73-,74-,75+,76+,77+,78?,79?,80?,81?,82+,83+,84?,85-,86-,87-,88+,89-,90+,91+,92-,93-,95-/m0/s1. The number of rotatable bonds is 66. The van der Waals surface area contributed by atoms with Crippen LogP contribution in [-0.2, 0) is 90.3 Å². The van der Waals surface area contributed by atoms with Crippen LogP contribution in [-0.4, -0.2) is 427 Å². The molecule has 0 radical (unpaired) electrons. The van der Waals surface area contributed by atoms with E-state index in [2.05, 4.69) is 47.3 Å². The maximum Gasteiger partial charge on any atom is 0.364 e. The minimum atomic E-state index is -3.26. The summed E-state index contributed by atoms with van der Waals surface area (Å²) in [6.07, 6.45) is -24.8. The molecule has 7 heterocycles. The molecule has 7 aliphatic rings. The van der Waals surface area contributed by atoms with Crippen LogP contribution in [0.2, 0.25) is 0 Å². The summed E-state index contributed by atoms with van der Waals surface area (Å²) in [6, 6.07) is -6.51. The van der Waals surface area contributed by atoms with Crippen LogP contribution in [0.25, 0.3) is 0 Å². The maximum absolute atomic E-state index is 13.8. The highest BCUT2D eigenvalue weighted by atomic mass is 16.8. The first kappa shape index (κ1) is 122. The number of hydrogen-bond donors (Lipinski definition) is 26. The van der Waals surface area contributed by atoms with Crippen LogP contribution in [0.5, 0.6) is 0 Å². The third-order valence-electron chi connectivity index (χ3n) is 26.9. The fourth-order valence-electron chi connectivity index (χ4n) is 18.7. The van der Waals surface area contributed by atoms with Crippen LogP contribution in [0.4, 0.5) is 0 Å². The van der Waals surface area contributed by atoms with Crippen molar-refractivity contribution in [2.45, 2.75) is 492 Å². The Hall–Kier alpha value is -4.57. The zero-order valence-corrected chi connectivity index (χ0v) is 81.7. The molecule has 38 atom stereocenters. The van der Waals surface area contributed by atoms with Crippen molar-refractivity contribution in [2.75, 3.05) is 52.9 Å². The number of nitrogens with one attached hydrogen (secondary N) is 4. The summed E-state index contributed by atoms with van der Waals surface area (Å²) < 4.78 is 83.7. The van der Waals surface area contributed by atoms with Gasteiger partial charge in [-0.05, 0) is 44.9 Å². The van der Waals surface area contributed by atoms with Gasteiger partial charge in [-0.3, -0.25) is 19.2 Å². The molecule has 0 spiro atoms. The monoisotopic (exact) mass is 2020 g/mol. The van der Waals surface area contributed by atoms with Gasteiger partial charge in [0.05, 0.1) is 77.1 Å². The average molecular weight is 2020 g/mol. The van der Waals surface area contributed by atoms with E-state index in [0.717, 1.165) is 91.4 Å². The van der Waals surface area contributed by atoms with Crippen molar-refractivity contribution in [3.05, 3.63) is 24.3 Å². The second-order valence-electron chi connectivity index (χ2n) is 38.1. The van der Waals surface area contributed by atoms with Gasteiger partial charge in [0, 0.05) is 33.6 Å². The van der Waals surface area contributed by atoms with Gasteiger partial charge in [-0.15, -0.1) is 0 Å². The molecule has 814 valence electrons. The number of ether oxygens (including phenoxy) is 14. The molecule has 7 rings (SSSR count). The molecule has 14 unspecified atom stereocenters. The molecule has 0 aromatic rings. The highest BCUT2D eigenvalue weighted by Gasteiger charge is 2.62. The van der Waals surface area contributed by atoms with Gasteiger partial charge in [0.15, 0.2) is 37.7 Å². The van der Waals surface area contributed by atoms with Crippen LogP contribution < -0.4 is 21.3 Å². The Morgan fingerprint density at radius 1 is 0.379 bits per heavy atom. The largest absolute Gasteiger partial charge is 0.477 e. The molecule has 45 nitrogen and oxygen atoms in total. The lowest BCUT2D eigenvalue weighted by atomic mass is 9.88. The number of allylic oxidation sites excluding steroid dienone is 3. The van der Waals surface area contributed by atoms with Gasteiger partial charge in [-0.1, -0.05) is 205 Å². The molecule has 7 aliphatic heterocycles. The van der Waals surface area contributed by atoms with Crippen LogP contribution in [0.3, 0.4) is 0 Å². The summed E-state index contributed by atoms with van der Waals surface area (Å²) in [5.41, 5.74) is 0. The van der Waals surface area contributed by atoms with Crippen molar-refractivity contribution >= 4 is 29.6 Å². The second kappa shape index (κ2) is 64.6. The Labute approximate surface area is 819 Å². The van der Waals surface area contributed by atoms with Gasteiger partial charge in [-0.2, -0.15) is 0 Å². The lowest BCUT2D eigenvalue weighted by Crippen LogP contribution is -2.71. The summed E-state index contributed by atoms with van der Waals surface area (Å²) in [6.45, 7) is -0.934. The number of carboxylic acid groups (broad SMARTS) is 1. The highest BCUT2D eigenvalue weighted by molar-refractivity contribution is 5.77. The van der Waals surface area contributed by atoms with E-state index in [1.165, 1.54) is 134 Å². The Balaban J connectivity index is 1.08. The van der Waals surface area contributed by atoms with Crippen molar-refractivity contribution in [2.24, 2.45) is 0 Å². The summed E-state index contributed by atoms with van der Waals surface area (Å²) in [5, 5.41) is 259. The molecule has 140 heavy (non-hydrogen) atoms. The first-order chi connectivity index (χ1) is 67.1. The predicted molar refractivity (Wildman–Crippen MR) is 492 cm³/mol. The predicted octanol–water partition coefficient (Wildman–Crippen LogP) is -2.35. The molecule has 0 aliphatic carbocycles. The summed E-state index contributed by atoms with van der Waals surface area (Å²) in [5.74, 6) is -8.39. The van der Waals surface area contributed by atoms with Crippen molar-refractivity contribution in [3.8, 4) is 0 Å². The Morgan fingerprint density at radius 3 is 1.21 bits per heavy atom. The fourth-order valence-corrected chi connectivity index (χ4v) is 18.7. The van der Waals surface area contributed by atoms with Crippen LogP contribution in [0, 0.1) is 0 Å². The van der Waals surface area contributed by atoms with Crippen molar-refractivity contribution in [3.63, 3.8) is 0 Å². The maximum atomic E-state index is 13.8. The highest BCUT2D eigenvalue weighted by Crippen LogP contribution is 2.41. The van der Waals surface area contributed by atoms with Crippen molar-refractivity contribution < 1.29 is 203 Å². The number of aliphatic carboxylic acids is 1. The van der Waals surface area contributed by atoms with Gasteiger partial charge in [-0.25, -0.2) is 4.79 Å². The lowest BCUT2D eigenvalue weighted by Gasteiger charge is -2.51. The summed E-state index contributed by atoms with van der Waals surface area (Å²) in [4.78, 5) is 65.1. The SMILES string of the molecule is CCCCCCCC/C=C\CCCCCCCCCCCCCCCC(=O)N[C@@H](CO[C@@H]1OC(CO)[C@@H](O[C@@H]2OC(CO[C@@H]3OC(CO)[C@@H](O[C@@H]4OC(CO)[C@H](O)[C@H](O[C@]5(C(=O)O)CC(O)[C@@H](NC(C)=O)C([C@H](O)[C@H](O)CO)O5)C4O)[C@H](O)C3NC(C)=O)[C@H](O)[C@H](O[C@H]3OC(CO)[C@H](O)[C@H](O[C@@H]4OC(CO)[C@H](O)[C@H](O)C4NC(C)=O)C3O)C2O)[C@H](O)C1O)[C@H](O)/C=C/CCCCCCCCCCCCC. The van der Waals surface area contributed by atoms with Gasteiger partial charge >= 0.3 is 5.97 Å². The quantitative estimate of drug-likeness (QED) is 0.0224. The molecule has 26 N–H and O–H groups in total. The number of aliphatic hydroxyl groups excluding tert-OH is 21. The van der Waals surface area contributed by atoms with E-state index >= 15 is 0 Å². The van der Waals surface area contributed by atoms with E-state index in [0.29, 0.717) is 12.8 Å². The fraction of sp³-hybridized carbons (Fsp3) is 0.905. The van der Waals surface area contributed by atoms with Gasteiger partial charge in [0.25, 0.3) is 5.79 Å². The van der Waals surface area contributed by atoms with Crippen LogP contribution >= 0.6 is 0 Å². The first-order valence-electron chi connectivity index (χ1n) is 50.7. The molecule has 45 heteroatoms. The van der Waals surface area contributed by atoms with E-state index in [1.807, 2.05) is 0 Å². The third kappa shape index (κ3) is 37.3. The number of carbonyl (C=O) groups is 5. The molecular formula is C95H168N4O41. The van der Waals surface area contributed by atoms with E-state index in [1.54, 1.807) is 6.08 Å². The Morgan fingerprint density at radius 2 is 0.750 bits per heavy atom. The molecular weight excluding hydrogens is 1850 g/mol. The summed E-state index contributed by atoms with van der Waals surface area (Å²) >= 11 is 0. The minimum absolute atomic E-state index is 0.105. The minimum Gasteiger partial charge on any atom is -0.477 e. The summed E-state index contributed by atoms with van der Waals surface area (Å²) in [7, 11) is 0. The van der Waals surface area contributed by atoms with Gasteiger partial charge < -0.3 is 200 Å². The molecule has 0 bridgehead atoms. The first-order valence-corrected chi connectivity index (χ1v) is 50.7. The van der Waals surface area contributed by atoms with Crippen molar-refractivity contribution in [1.29, 1.82) is 0 Å². The van der Waals surface area contributed by atoms with Crippen LogP contribution in [0.1, 0.15) is 259 Å². The average Bonchev–Trinajstić information content (AvgIpc) is 0.748. The van der Waals surface area contributed by atoms with E-state index in [-0.39, 0.29) is 6.42 Å². The molecule has 7 saturated heterocycles. The molecule has 4 amide bonds. The normalized spacial score (nSPS) is 35.9. The number of carboxylic acids is 1. The molecule has 0 aromatic heterocycles. The molecule has 0 aromatic carbocycles. The topological polar surface area (TPSA) is 708 Å². The number of hydrogen-bond acceptors (Lipinski definition) is 40. The third-order valence-corrected chi connectivity index (χ3v) is 26.9. The molecule has 7 fully saturated rings. The zero-order chi connectivity index (χ0) is 103. The van der Waals surface area contributed by atoms with E-state index in [9.17, 15) is 136 Å². The van der Waals surface area contributed by atoms with Gasteiger partial charge in [0.2, 0.25) is 23.6 Å². The van der Waals surface area contributed by atoms with Crippen LogP contribution in [0.15, 0.2) is 24.3 Å². The number of amides is 4. The lowest BCUT2D eigenvalue weighted by molar-refractivity contribution is -0.392. The van der Waals surface area contributed by atoms with E-state index < -0.39 is 321 Å². The van der Waals surface area contributed by atoms with E-state index in [4.69, 9.17) is 66.3 Å². The number of unbranched alkanes of at least 4 members (excludes halogenated alkanes) is 30. The van der Waals surface area contributed by atoms with Crippen molar-refractivity contribution in [1.82, 2.24) is 21.3 Å². The number of carbonyl (C=O) groups excluding carboxylic acids is 4. The Bertz CT molecular complexity index is 3500. The molecule has 0 saturated carbocycles.